The number of anilines is 1. The van der Waals surface area contributed by atoms with E-state index < -0.39 is 24.4 Å². The number of aryl methyl sites for hydroxylation is 1. The number of rotatable bonds is 9. The zero-order chi connectivity index (χ0) is 23.9. The molecular formula is C24H27N3O6. The Morgan fingerprint density at radius 3 is 2.27 bits per heavy atom. The minimum Gasteiger partial charge on any atom is -0.490 e. The van der Waals surface area contributed by atoms with Crippen molar-refractivity contribution in [3.63, 3.8) is 0 Å². The number of amides is 4. The van der Waals surface area contributed by atoms with E-state index >= 15 is 0 Å². The molecule has 0 spiro atoms. The zero-order valence-electron chi connectivity index (χ0n) is 19.2. The number of hydrogen-bond acceptors (Lipinski definition) is 6. The topological polar surface area (TPSA) is 98.1 Å². The minimum atomic E-state index is -1.03. The lowest BCUT2D eigenvalue weighted by atomic mass is 10.1. The van der Waals surface area contributed by atoms with Gasteiger partial charge in [-0.1, -0.05) is 0 Å². The van der Waals surface area contributed by atoms with E-state index in [2.05, 4.69) is 4.57 Å². The first kappa shape index (κ1) is 22.6. The second kappa shape index (κ2) is 8.73. The van der Waals surface area contributed by atoms with Crippen LogP contribution in [-0.4, -0.2) is 52.9 Å². The Labute approximate surface area is 191 Å². The normalized spacial score (nSPS) is 16.1. The molecule has 9 nitrogen and oxygen atoms in total. The third kappa shape index (κ3) is 3.99. The number of hydrogen-bond donors (Lipinski definition) is 0. The maximum atomic E-state index is 13.0. The summed E-state index contributed by atoms with van der Waals surface area (Å²) in [7, 11) is 0. The minimum absolute atomic E-state index is 0.173. The van der Waals surface area contributed by atoms with Crippen molar-refractivity contribution in [3.05, 3.63) is 41.2 Å². The lowest BCUT2D eigenvalue weighted by Crippen LogP contribution is -2.37. The molecule has 1 aromatic carbocycles. The Bertz CT molecular complexity index is 1150. The van der Waals surface area contributed by atoms with Crippen molar-refractivity contribution >= 4 is 29.3 Å². The number of carbonyl (C=O) groups is 4. The van der Waals surface area contributed by atoms with Gasteiger partial charge in [0.15, 0.2) is 17.3 Å². The molecular weight excluding hydrogens is 426 g/mol. The molecule has 174 valence electrons. The van der Waals surface area contributed by atoms with Crippen LogP contribution in [-0.2, 0) is 9.59 Å². The molecule has 0 unspecified atom stereocenters. The molecule has 4 rings (SSSR count). The van der Waals surface area contributed by atoms with Crippen molar-refractivity contribution in [2.75, 3.05) is 24.7 Å². The summed E-state index contributed by atoms with van der Waals surface area (Å²) in [6.07, 6.45) is 2.14. The third-order valence-electron chi connectivity index (χ3n) is 5.84. The number of imide groups is 2. The number of ether oxygens (including phenoxy) is 2. The van der Waals surface area contributed by atoms with Gasteiger partial charge in [-0.2, -0.15) is 0 Å². The van der Waals surface area contributed by atoms with E-state index in [1.807, 2.05) is 20.8 Å². The zero-order valence-corrected chi connectivity index (χ0v) is 19.2. The van der Waals surface area contributed by atoms with Crippen molar-refractivity contribution < 1.29 is 28.7 Å². The van der Waals surface area contributed by atoms with Crippen LogP contribution < -0.4 is 14.4 Å². The smallest absolute Gasteiger partial charge is 0.339 e. The summed E-state index contributed by atoms with van der Waals surface area (Å²) >= 11 is 0. The number of benzene rings is 1. The molecule has 2 heterocycles. The average molecular weight is 453 g/mol. The Morgan fingerprint density at radius 2 is 1.64 bits per heavy atom. The summed E-state index contributed by atoms with van der Waals surface area (Å²) in [6, 6.07) is 5.88. The standard InChI is InChI=1S/C24H27N3O6/c1-5-32-20-10-9-17(12-21(20)33-6-2)27-23(30)22(29)25(24(27)31)13-19(28)18-11-14(3)26(15(18)4)16-7-8-16/h9-12,16H,5-8,13H2,1-4H3. The summed E-state index contributed by atoms with van der Waals surface area (Å²) in [6.45, 7) is 7.68. The molecule has 2 aliphatic rings. The van der Waals surface area contributed by atoms with E-state index in [-0.39, 0.29) is 11.5 Å². The molecule has 0 N–H and O–H groups in total. The first-order valence-corrected chi connectivity index (χ1v) is 11.1. The van der Waals surface area contributed by atoms with E-state index in [0.29, 0.717) is 41.2 Å². The van der Waals surface area contributed by atoms with Gasteiger partial charge in [0.1, 0.15) is 0 Å². The van der Waals surface area contributed by atoms with Crippen molar-refractivity contribution in [1.29, 1.82) is 0 Å². The van der Waals surface area contributed by atoms with Crippen molar-refractivity contribution in [2.24, 2.45) is 0 Å². The van der Waals surface area contributed by atoms with Crippen molar-refractivity contribution in [3.8, 4) is 11.5 Å². The predicted molar refractivity (Wildman–Crippen MR) is 120 cm³/mol. The van der Waals surface area contributed by atoms with Crippen molar-refractivity contribution in [2.45, 2.75) is 46.6 Å². The second-order valence-corrected chi connectivity index (χ2v) is 8.12. The van der Waals surface area contributed by atoms with Crippen LogP contribution in [0.2, 0.25) is 0 Å². The Morgan fingerprint density at radius 1 is 0.970 bits per heavy atom. The van der Waals surface area contributed by atoms with Gasteiger partial charge >= 0.3 is 17.8 Å². The Balaban J connectivity index is 1.58. The maximum Gasteiger partial charge on any atom is 0.339 e. The summed E-state index contributed by atoms with van der Waals surface area (Å²) in [4.78, 5) is 52.8. The monoisotopic (exact) mass is 453 g/mol. The van der Waals surface area contributed by atoms with Crippen molar-refractivity contribution in [1.82, 2.24) is 9.47 Å². The molecule has 1 aliphatic carbocycles. The van der Waals surface area contributed by atoms with Gasteiger partial charge in [-0.25, -0.2) is 14.6 Å². The molecule has 33 heavy (non-hydrogen) atoms. The molecule has 1 aliphatic heterocycles. The molecule has 9 heteroatoms. The summed E-state index contributed by atoms with van der Waals surface area (Å²) < 4.78 is 13.2. The van der Waals surface area contributed by atoms with E-state index in [9.17, 15) is 19.2 Å². The van der Waals surface area contributed by atoms with Gasteiger partial charge in [-0.05, 0) is 58.7 Å². The summed E-state index contributed by atoms with van der Waals surface area (Å²) in [5.41, 5.74) is 2.42. The van der Waals surface area contributed by atoms with Crippen LogP contribution >= 0.6 is 0 Å². The lowest BCUT2D eigenvalue weighted by Gasteiger charge is -2.17. The summed E-state index contributed by atoms with van der Waals surface area (Å²) in [5.74, 6) is -1.61. The summed E-state index contributed by atoms with van der Waals surface area (Å²) in [5, 5.41) is 0. The Hall–Kier alpha value is -3.62. The van der Waals surface area contributed by atoms with Crippen LogP contribution in [0.4, 0.5) is 10.5 Å². The van der Waals surface area contributed by atoms with Gasteiger partial charge in [0.2, 0.25) is 0 Å². The number of nitrogens with zero attached hydrogens (tertiary/aromatic N) is 3. The number of urea groups is 1. The fraction of sp³-hybridized carbons (Fsp3) is 0.417. The average Bonchev–Trinajstić information content (AvgIpc) is 3.53. The van der Waals surface area contributed by atoms with Gasteiger partial charge in [0.05, 0.1) is 25.4 Å². The van der Waals surface area contributed by atoms with Crippen LogP contribution in [0.5, 0.6) is 11.5 Å². The molecule has 1 saturated heterocycles. The van der Waals surface area contributed by atoms with Crippen LogP contribution in [0.25, 0.3) is 0 Å². The first-order valence-electron chi connectivity index (χ1n) is 11.1. The van der Waals surface area contributed by atoms with Crippen LogP contribution in [0.1, 0.15) is 54.5 Å². The maximum absolute atomic E-state index is 13.0. The van der Waals surface area contributed by atoms with Gasteiger partial charge in [0, 0.05) is 29.1 Å². The van der Waals surface area contributed by atoms with Gasteiger partial charge in [-0.15, -0.1) is 0 Å². The molecule has 2 aromatic rings. The molecule has 0 bridgehead atoms. The van der Waals surface area contributed by atoms with E-state index in [4.69, 9.17) is 9.47 Å². The SMILES string of the molecule is CCOc1ccc(N2C(=O)C(=O)N(CC(=O)c3cc(C)n(C4CC4)c3C)C2=O)cc1OCC. The molecule has 2 fully saturated rings. The fourth-order valence-corrected chi connectivity index (χ4v) is 4.23. The van der Waals surface area contributed by atoms with E-state index in [1.165, 1.54) is 12.1 Å². The Kier molecular flexibility index (Phi) is 5.97. The number of Topliss-reactive ketones (excluding diaryl/α,β-unsaturated/α-hetero) is 1. The fourth-order valence-electron chi connectivity index (χ4n) is 4.23. The van der Waals surface area contributed by atoms with Crippen LogP contribution in [0.3, 0.4) is 0 Å². The number of carbonyl (C=O) groups excluding carboxylic acids is 4. The second-order valence-electron chi connectivity index (χ2n) is 8.12. The first-order chi connectivity index (χ1) is 15.8. The van der Waals surface area contributed by atoms with Gasteiger partial charge in [-0.3, -0.25) is 14.4 Å². The molecule has 1 aromatic heterocycles. The highest BCUT2D eigenvalue weighted by molar-refractivity contribution is 6.53. The third-order valence-corrected chi connectivity index (χ3v) is 5.84. The largest absolute Gasteiger partial charge is 0.490 e. The quantitative estimate of drug-likeness (QED) is 0.328. The van der Waals surface area contributed by atoms with Gasteiger partial charge in [0.25, 0.3) is 0 Å². The lowest BCUT2D eigenvalue weighted by molar-refractivity contribution is -0.139. The highest BCUT2D eigenvalue weighted by Gasteiger charge is 2.46. The highest BCUT2D eigenvalue weighted by atomic mass is 16.5. The van der Waals surface area contributed by atoms with Gasteiger partial charge < -0.3 is 14.0 Å². The number of ketones is 1. The molecule has 4 amide bonds. The number of aromatic nitrogens is 1. The molecule has 0 atom stereocenters. The van der Waals surface area contributed by atoms with Crippen LogP contribution in [0.15, 0.2) is 24.3 Å². The van der Waals surface area contributed by atoms with E-state index in [1.54, 1.807) is 19.1 Å². The van der Waals surface area contributed by atoms with E-state index in [0.717, 1.165) is 29.1 Å². The van der Waals surface area contributed by atoms with Crippen LogP contribution in [0, 0.1) is 13.8 Å². The molecule has 0 radical (unpaired) electrons. The highest BCUT2D eigenvalue weighted by Crippen LogP contribution is 2.38. The predicted octanol–water partition coefficient (Wildman–Crippen LogP) is 3.42. The molecule has 1 saturated carbocycles.